The largest absolute Gasteiger partial charge is 0.324 e. The molecule has 0 saturated carbocycles. The molecule has 0 bridgehead atoms. The lowest BCUT2D eigenvalue weighted by Crippen LogP contribution is -2.19. The van der Waals surface area contributed by atoms with Gasteiger partial charge in [-0.05, 0) is 29.2 Å². The molecule has 2 aromatic carbocycles. The number of rotatable bonds is 4. The number of amides is 1. The van der Waals surface area contributed by atoms with Gasteiger partial charge in [0, 0.05) is 29.8 Å². The zero-order chi connectivity index (χ0) is 20.3. The molecule has 0 spiro atoms. The van der Waals surface area contributed by atoms with Crippen LogP contribution in [-0.4, -0.2) is 15.9 Å². The van der Waals surface area contributed by atoms with Crippen LogP contribution in [0.3, 0.4) is 0 Å². The number of nitrogens with one attached hydrogen (secondary N) is 2. The summed E-state index contributed by atoms with van der Waals surface area (Å²) >= 11 is 0. The fraction of sp³-hybridized carbons (Fsp3) is 0.190. The highest BCUT2D eigenvalue weighted by molar-refractivity contribution is 6.04. The van der Waals surface area contributed by atoms with E-state index in [0.29, 0.717) is 5.69 Å². The highest BCUT2D eigenvalue weighted by Crippen LogP contribution is 2.29. The van der Waals surface area contributed by atoms with Crippen LogP contribution in [0.15, 0.2) is 54.9 Å². The summed E-state index contributed by atoms with van der Waals surface area (Å²) in [4.78, 5) is 20.7. The van der Waals surface area contributed by atoms with Gasteiger partial charge in [-0.3, -0.25) is 4.79 Å². The van der Waals surface area contributed by atoms with Crippen molar-refractivity contribution < 1.29 is 13.6 Å². The zero-order valence-corrected chi connectivity index (χ0v) is 15.8. The molecule has 3 rings (SSSR count). The fourth-order valence-corrected chi connectivity index (χ4v) is 2.65. The van der Waals surface area contributed by atoms with Crippen molar-refractivity contribution in [3.8, 4) is 0 Å². The van der Waals surface area contributed by atoms with Gasteiger partial charge in [-0.15, -0.1) is 0 Å². The number of halogens is 2. The number of carbonyl (C=O) groups excluding carboxylic acids is 1. The van der Waals surface area contributed by atoms with Crippen molar-refractivity contribution in [2.24, 2.45) is 0 Å². The predicted molar refractivity (Wildman–Crippen MR) is 105 cm³/mol. The van der Waals surface area contributed by atoms with Crippen LogP contribution in [-0.2, 0) is 5.41 Å². The summed E-state index contributed by atoms with van der Waals surface area (Å²) in [6.07, 6.45) is 2.73. The summed E-state index contributed by atoms with van der Waals surface area (Å²) in [6, 6.07) is 11.0. The van der Waals surface area contributed by atoms with E-state index in [1.807, 2.05) is 24.3 Å². The molecule has 0 saturated heterocycles. The smallest absolute Gasteiger partial charge is 0.258 e. The van der Waals surface area contributed by atoms with E-state index in [2.05, 4.69) is 41.4 Å². The molecule has 144 valence electrons. The van der Waals surface area contributed by atoms with Crippen LogP contribution in [0.25, 0.3) is 0 Å². The molecule has 0 aliphatic carbocycles. The third kappa shape index (κ3) is 4.49. The minimum Gasteiger partial charge on any atom is -0.324 e. The van der Waals surface area contributed by atoms with Crippen LogP contribution in [0.4, 0.5) is 26.1 Å². The summed E-state index contributed by atoms with van der Waals surface area (Å²) < 4.78 is 26.2. The highest BCUT2D eigenvalue weighted by Gasteiger charge is 2.19. The normalized spacial score (nSPS) is 11.2. The van der Waals surface area contributed by atoms with Gasteiger partial charge in [0.1, 0.15) is 0 Å². The molecule has 0 aliphatic heterocycles. The summed E-state index contributed by atoms with van der Waals surface area (Å²) in [7, 11) is 0. The van der Waals surface area contributed by atoms with Gasteiger partial charge in [0.05, 0.1) is 5.56 Å². The molecule has 0 unspecified atom stereocenters. The quantitative estimate of drug-likeness (QED) is 0.663. The van der Waals surface area contributed by atoms with Crippen molar-refractivity contribution in [1.29, 1.82) is 0 Å². The Balaban J connectivity index is 1.73. The molecule has 0 atom stereocenters. The van der Waals surface area contributed by atoms with Gasteiger partial charge in [-0.1, -0.05) is 39.0 Å². The molecule has 0 fully saturated rings. The van der Waals surface area contributed by atoms with Crippen molar-refractivity contribution in [3.63, 3.8) is 0 Å². The maximum Gasteiger partial charge on any atom is 0.258 e. The number of hydrogen-bond donors (Lipinski definition) is 2. The molecular weight excluding hydrogens is 362 g/mol. The molecule has 1 heterocycles. The van der Waals surface area contributed by atoms with Crippen LogP contribution in [0.1, 0.15) is 36.7 Å². The first-order valence-corrected chi connectivity index (χ1v) is 8.69. The Kier molecular flexibility index (Phi) is 5.35. The van der Waals surface area contributed by atoms with E-state index < -0.39 is 11.6 Å². The van der Waals surface area contributed by atoms with Gasteiger partial charge in [-0.25, -0.2) is 18.7 Å². The fourth-order valence-electron chi connectivity index (χ4n) is 2.65. The maximum absolute atomic E-state index is 13.3. The minimum atomic E-state index is -0.974. The summed E-state index contributed by atoms with van der Waals surface area (Å²) in [5, 5.41) is 5.64. The standard InChI is InChI=1S/C21H20F2N4O/c1-21(2,3)15-6-4-5-7-18(15)27-19(28)13-11-24-20(25-12-13)26-14-8-9-16(22)17(23)10-14/h4-12H,1-3H3,(H,27,28)(H,24,25,26). The second-order valence-electron chi connectivity index (χ2n) is 7.30. The zero-order valence-electron chi connectivity index (χ0n) is 15.8. The average molecular weight is 382 g/mol. The third-order valence-electron chi connectivity index (χ3n) is 4.07. The van der Waals surface area contributed by atoms with E-state index in [9.17, 15) is 13.6 Å². The number of anilines is 3. The van der Waals surface area contributed by atoms with E-state index in [0.717, 1.165) is 23.4 Å². The first kappa shape index (κ1) is 19.4. The molecule has 0 radical (unpaired) electrons. The SMILES string of the molecule is CC(C)(C)c1ccccc1NC(=O)c1cnc(Nc2ccc(F)c(F)c2)nc1. The van der Waals surface area contributed by atoms with E-state index in [1.54, 1.807) is 0 Å². The van der Waals surface area contributed by atoms with Gasteiger partial charge < -0.3 is 10.6 Å². The van der Waals surface area contributed by atoms with Crippen LogP contribution >= 0.6 is 0 Å². The van der Waals surface area contributed by atoms with Gasteiger partial charge in [0.15, 0.2) is 11.6 Å². The Bertz CT molecular complexity index is 998. The van der Waals surface area contributed by atoms with E-state index >= 15 is 0 Å². The van der Waals surface area contributed by atoms with Gasteiger partial charge >= 0.3 is 0 Å². The van der Waals surface area contributed by atoms with Crippen molar-refractivity contribution >= 4 is 23.2 Å². The van der Waals surface area contributed by atoms with Crippen molar-refractivity contribution in [2.45, 2.75) is 26.2 Å². The second-order valence-corrected chi connectivity index (χ2v) is 7.30. The van der Waals surface area contributed by atoms with E-state index in [4.69, 9.17) is 0 Å². The Morgan fingerprint density at radius 1 is 0.964 bits per heavy atom. The third-order valence-corrected chi connectivity index (χ3v) is 4.07. The highest BCUT2D eigenvalue weighted by atomic mass is 19.2. The molecule has 0 aliphatic rings. The minimum absolute atomic E-state index is 0.126. The lowest BCUT2D eigenvalue weighted by Gasteiger charge is -2.22. The Morgan fingerprint density at radius 2 is 1.64 bits per heavy atom. The molecule has 7 heteroatoms. The topological polar surface area (TPSA) is 66.9 Å². The van der Waals surface area contributed by atoms with E-state index in [-0.39, 0.29) is 22.8 Å². The maximum atomic E-state index is 13.3. The predicted octanol–water partition coefficient (Wildman–Crippen LogP) is 5.05. The average Bonchev–Trinajstić information content (AvgIpc) is 2.65. The monoisotopic (exact) mass is 382 g/mol. The Morgan fingerprint density at radius 3 is 2.29 bits per heavy atom. The van der Waals surface area contributed by atoms with Crippen molar-refractivity contribution in [2.75, 3.05) is 10.6 Å². The Hall–Kier alpha value is -3.35. The van der Waals surface area contributed by atoms with Crippen LogP contribution in [0, 0.1) is 11.6 Å². The first-order valence-electron chi connectivity index (χ1n) is 8.69. The number of nitrogens with zero attached hydrogens (tertiary/aromatic N) is 2. The number of aromatic nitrogens is 2. The van der Waals surface area contributed by atoms with Gasteiger partial charge in [0.2, 0.25) is 5.95 Å². The molecule has 28 heavy (non-hydrogen) atoms. The number of carbonyl (C=O) groups is 1. The molecule has 1 aromatic heterocycles. The number of benzene rings is 2. The van der Waals surface area contributed by atoms with Crippen LogP contribution in [0.5, 0.6) is 0 Å². The summed E-state index contributed by atoms with van der Waals surface area (Å²) in [6.45, 7) is 6.21. The van der Waals surface area contributed by atoms with E-state index in [1.165, 1.54) is 18.5 Å². The van der Waals surface area contributed by atoms with Crippen LogP contribution in [0.2, 0.25) is 0 Å². The van der Waals surface area contributed by atoms with Crippen molar-refractivity contribution in [1.82, 2.24) is 9.97 Å². The molecule has 1 amide bonds. The van der Waals surface area contributed by atoms with Gasteiger partial charge in [0.25, 0.3) is 5.91 Å². The molecular formula is C21H20F2N4O. The number of hydrogen-bond acceptors (Lipinski definition) is 4. The first-order chi connectivity index (χ1) is 13.2. The number of para-hydroxylation sites is 1. The Labute approximate surface area is 161 Å². The lowest BCUT2D eigenvalue weighted by atomic mass is 9.86. The van der Waals surface area contributed by atoms with Crippen molar-refractivity contribution in [3.05, 3.63) is 77.6 Å². The van der Waals surface area contributed by atoms with Gasteiger partial charge in [-0.2, -0.15) is 0 Å². The lowest BCUT2D eigenvalue weighted by molar-refractivity contribution is 0.102. The molecule has 5 nitrogen and oxygen atoms in total. The molecule has 2 N–H and O–H groups in total. The van der Waals surface area contributed by atoms with Crippen LogP contribution < -0.4 is 10.6 Å². The second kappa shape index (κ2) is 7.72. The summed E-state index contributed by atoms with van der Waals surface area (Å²) in [5.74, 6) is -2.08. The molecule has 3 aromatic rings. The summed E-state index contributed by atoms with van der Waals surface area (Å²) in [5.41, 5.74) is 2.19.